The summed E-state index contributed by atoms with van der Waals surface area (Å²) >= 11 is 0. The SMILES string of the molecule is O=C(Nc1nnco1)C1CCCN1c1nc2c(c(Nc3cc(C4CC4)[nH]n3)n1)CCC2. The molecule has 1 atom stereocenters. The lowest BCUT2D eigenvalue weighted by molar-refractivity contribution is -0.117. The average Bonchev–Trinajstić information content (AvgIpc) is 3.27. The van der Waals surface area contributed by atoms with Gasteiger partial charge in [-0.15, -0.1) is 5.10 Å². The van der Waals surface area contributed by atoms with Crippen LogP contribution in [0.25, 0.3) is 0 Å². The Morgan fingerprint density at radius 3 is 2.97 bits per heavy atom. The summed E-state index contributed by atoms with van der Waals surface area (Å²) in [7, 11) is 0. The van der Waals surface area contributed by atoms with Crippen molar-refractivity contribution in [2.45, 2.75) is 56.9 Å². The largest absolute Gasteiger partial charge is 0.411 e. The van der Waals surface area contributed by atoms with Crippen molar-refractivity contribution < 1.29 is 9.21 Å². The molecule has 1 amide bonds. The Labute approximate surface area is 178 Å². The fourth-order valence-corrected chi connectivity index (χ4v) is 4.47. The summed E-state index contributed by atoms with van der Waals surface area (Å²) in [5.74, 6) is 2.55. The molecule has 11 nitrogen and oxygen atoms in total. The number of nitrogens with one attached hydrogen (secondary N) is 3. The number of aromatic amines is 1. The van der Waals surface area contributed by atoms with Crippen LogP contribution in [0.15, 0.2) is 16.9 Å². The first kappa shape index (κ1) is 18.3. The van der Waals surface area contributed by atoms with Gasteiger partial charge >= 0.3 is 6.01 Å². The number of fused-ring (bicyclic) bond motifs is 1. The fourth-order valence-electron chi connectivity index (χ4n) is 4.47. The van der Waals surface area contributed by atoms with Gasteiger partial charge < -0.3 is 14.6 Å². The molecule has 3 aliphatic rings. The second kappa shape index (κ2) is 7.33. The fraction of sp³-hybridized carbons (Fsp3) is 0.500. The minimum absolute atomic E-state index is 0.0964. The lowest BCUT2D eigenvalue weighted by Gasteiger charge is -2.24. The first-order valence-electron chi connectivity index (χ1n) is 10.8. The molecule has 6 rings (SSSR count). The number of nitrogens with zero attached hydrogens (tertiary/aromatic N) is 6. The second-order valence-electron chi connectivity index (χ2n) is 8.34. The topological polar surface area (TPSA) is 138 Å². The Morgan fingerprint density at radius 2 is 2.13 bits per heavy atom. The highest BCUT2D eigenvalue weighted by Crippen LogP contribution is 2.40. The number of hydrogen-bond donors (Lipinski definition) is 3. The summed E-state index contributed by atoms with van der Waals surface area (Å²) in [4.78, 5) is 24.4. The van der Waals surface area contributed by atoms with Gasteiger partial charge in [-0.25, -0.2) is 4.98 Å². The van der Waals surface area contributed by atoms with E-state index in [0.717, 1.165) is 48.6 Å². The van der Waals surface area contributed by atoms with E-state index in [1.807, 2.05) is 4.90 Å². The quantitative estimate of drug-likeness (QED) is 0.547. The van der Waals surface area contributed by atoms with E-state index in [-0.39, 0.29) is 18.0 Å². The minimum Gasteiger partial charge on any atom is -0.411 e. The Bertz CT molecular complexity index is 1110. The van der Waals surface area contributed by atoms with Gasteiger partial charge in [-0.05, 0) is 44.9 Å². The molecule has 11 heteroatoms. The van der Waals surface area contributed by atoms with Crippen molar-refractivity contribution in [1.29, 1.82) is 0 Å². The Hall–Kier alpha value is -3.50. The van der Waals surface area contributed by atoms with Crippen molar-refractivity contribution in [3.63, 3.8) is 0 Å². The van der Waals surface area contributed by atoms with Gasteiger partial charge in [0.05, 0.1) is 5.69 Å². The molecule has 1 aliphatic heterocycles. The molecule has 31 heavy (non-hydrogen) atoms. The summed E-state index contributed by atoms with van der Waals surface area (Å²) in [5, 5.41) is 21.0. The van der Waals surface area contributed by atoms with Gasteiger partial charge in [0.2, 0.25) is 12.3 Å². The summed E-state index contributed by atoms with van der Waals surface area (Å²) in [6, 6.07) is 1.78. The predicted octanol–water partition coefficient (Wildman–Crippen LogP) is 2.30. The average molecular weight is 421 g/mol. The first-order valence-corrected chi connectivity index (χ1v) is 10.8. The number of rotatable bonds is 6. The molecule has 160 valence electrons. The van der Waals surface area contributed by atoms with Crippen LogP contribution in [-0.4, -0.2) is 48.9 Å². The maximum Gasteiger partial charge on any atom is 0.322 e. The van der Waals surface area contributed by atoms with Gasteiger partial charge in [0.25, 0.3) is 5.91 Å². The maximum atomic E-state index is 12.8. The highest BCUT2D eigenvalue weighted by Gasteiger charge is 2.34. The zero-order chi connectivity index (χ0) is 20.8. The van der Waals surface area contributed by atoms with Crippen LogP contribution in [0.3, 0.4) is 0 Å². The zero-order valence-electron chi connectivity index (χ0n) is 17.0. The third-order valence-electron chi connectivity index (χ3n) is 6.19. The Balaban J connectivity index is 1.27. The predicted molar refractivity (Wildman–Crippen MR) is 111 cm³/mol. The van der Waals surface area contributed by atoms with E-state index in [2.05, 4.69) is 37.1 Å². The van der Waals surface area contributed by atoms with Gasteiger partial charge in [0, 0.05) is 29.8 Å². The number of aromatic nitrogens is 6. The van der Waals surface area contributed by atoms with Crippen molar-refractivity contribution in [2.75, 3.05) is 22.1 Å². The third kappa shape index (κ3) is 3.49. The van der Waals surface area contributed by atoms with Gasteiger partial charge in [0.15, 0.2) is 5.82 Å². The highest BCUT2D eigenvalue weighted by atomic mass is 16.4. The number of amides is 1. The maximum absolute atomic E-state index is 12.8. The van der Waals surface area contributed by atoms with Crippen molar-refractivity contribution in [2.24, 2.45) is 0 Å². The van der Waals surface area contributed by atoms with Crippen molar-refractivity contribution in [3.8, 4) is 0 Å². The number of carbonyl (C=O) groups is 1. The Kier molecular flexibility index (Phi) is 4.32. The van der Waals surface area contributed by atoms with E-state index in [1.165, 1.54) is 24.9 Å². The van der Waals surface area contributed by atoms with Gasteiger partial charge in [-0.3, -0.25) is 15.2 Å². The number of hydrogen-bond acceptors (Lipinski definition) is 9. The normalized spacial score (nSPS) is 20.1. The van der Waals surface area contributed by atoms with Crippen LogP contribution in [0.2, 0.25) is 0 Å². The van der Waals surface area contributed by atoms with Gasteiger partial charge in [-0.1, -0.05) is 5.10 Å². The molecule has 0 radical (unpaired) electrons. The van der Waals surface area contributed by atoms with Gasteiger partial charge in [-0.2, -0.15) is 10.1 Å². The summed E-state index contributed by atoms with van der Waals surface area (Å²) in [6.45, 7) is 0.717. The van der Waals surface area contributed by atoms with Crippen LogP contribution in [0, 0.1) is 0 Å². The van der Waals surface area contributed by atoms with E-state index in [1.54, 1.807) is 0 Å². The van der Waals surface area contributed by atoms with E-state index in [4.69, 9.17) is 14.4 Å². The minimum atomic E-state index is -0.383. The molecular weight excluding hydrogens is 398 g/mol. The summed E-state index contributed by atoms with van der Waals surface area (Å²) < 4.78 is 5.05. The molecule has 2 fully saturated rings. The molecule has 1 unspecified atom stereocenters. The number of aryl methyl sites for hydroxylation is 1. The standard InChI is InChI=1S/C20H23N9O2/c30-18(25-20-28-21-10-31-20)15-5-2-8-29(15)19-22-13-4-1-3-12(13)17(24-19)23-16-9-14(26-27-16)11-6-7-11/h9-11,15H,1-8H2,(H,25,28,30)(H2,22,23,24,26,27). The number of carbonyl (C=O) groups excluding carboxylic acids is 1. The van der Waals surface area contributed by atoms with Gasteiger partial charge in [0.1, 0.15) is 11.9 Å². The molecule has 0 aromatic carbocycles. The van der Waals surface area contributed by atoms with E-state index >= 15 is 0 Å². The van der Waals surface area contributed by atoms with E-state index in [0.29, 0.717) is 24.8 Å². The molecule has 3 aromatic heterocycles. The highest BCUT2D eigenvalue weighted by molar-refractivity contribution is 5.95. The summed E-state index contributed by atoms with van der Waals surface area (Å²) in [5.41, 5.74) is 3.37. The zero-order valence-corrected chi connectivity index (χ0v) is 17.0. The van der Waals surface area contributed by atoms with Crippen molar-refractivity contribution in [3.05, 3.63) is 29.4 Å². The second-order valence-corrected chi connectivity index (χ2v) is 8.34. The molecule has 0 bridgehead atoms. The van der Waals surface area contributed by atoms with Crippen LogP contribution in [0.4, 0.5) is 23.6 Å². The molecule has 3 aromatic rings. The van der Waals surface area contributed by atoms with E-state index in [9.17, 15) is 4.79 Å². The van der Waals surface area contributed by atoms with Crippen molar-refractivity contribution in [1.82, 2.24) is 30.4 Å². The summed E-state index contributed by atoms with van der Waals surface area (Å²) in [6.07, 6.45) is 8.14. The molecule has 3 N–H and O–H groups in total. The molecule has 2 aliphatic carbocycles. The Morgan fingerprint density at radius 1 is 1.19 bits per heavy atom. The monoisotopic (exact) mass is 421 g/mol. The van der Waals surface area contributed by atoms with Crippen LogP contribution in [0.5, 0.6) is 0 Å². The van der Waals surface area contributed by atoms with Crippen LogP contribution in [-0.2, 0) is 17.6 Å². The van der Waals surface area contributed by atoms with Crippen LogP contribution in [0.1, 0.15) is 55.0 Å². The third-order valence-corrected chi connectivity index (χ3v) is 6.19. The lowest BCUT2D eigenvalue weighted by Crippen LogP contribution is -2.40. The molecular formula is C20H23N9O2. The van der Waals surface area contributed by atoms with Crippen LogP contribution < -0.4 is 15.5 Å². The molecule has 0 spiro atoms. The molecule has 1 saturated carbocycles. The molecule has 1 saturated heterocycles. The number of H-pyrrole nitrogens is 1. The lowest BCUT2D eigenvalue weighted by atomic mass is 10.2. The van der Waals surface area contributed by atoms with Crippen molar-refractivity contribution >= 4 is 29.5 Å². The van der Waals surface area contributed by atoms with E-state index < -0.39 is 0 Å². The number of anilines is 4. The first-order chi connectivity index (χ1) is 15.2. The smallest absolute Gasteiger partial charge is 0.322 e. The van der Waals surface area contributed by atoms with Crippen LogP contribution >= 0.6 is 0 Å². The molecule has 4 heterocycles.